The van der Waals surface area contributed by atoms with Crippen LogP contribution in [0.3, 0.4) is 0 Å². The molecule has 95 heavy (non-hydrogen) atoms. The summed E-state index contributed by atoms with van der Waals surface area (Å²) >= 11 is 4.17. The third-order valence-electron chi connectivity index (χ3n) is 14.2. The van der Waals surface area contributed by atoms with Crippen molar-refractivity contribution in [2.24, 2.45) is 33.8 Å². The molecule has 0 bridgehead atoms. The summed E-state index contributed by atoms with van der Waals surface area (Å²) in [5.74, 6) is -16.1. The first-order valence-corrected chi connectivity index (χ1v) is 30.5. The van der Waals surface area contributed by atoms with Gasteiger partial charge >= 0.3 is 5.97 Å². The van der Waals surface area contributed by atoms with E-state index in [1.165, 1.54) is 62.4 Å². The van der Waals surface area contributed by atoms with Crippen LogP contribution in [0.1, 0.15) is 83.8 Å². The Bertz CT molecular complexity index is 3120. The summed E-state index contributed by atoms with van der Waals surface area (Å²) in [5, 5.41) is 64.8. The predicted octanol–water partition coefficient (Wildman–Crippen LogP) is -7.63. The number of phenolic OH excluding ortho intramolecular Hbond substituents is 2. The summed E-state index contributed by atoms with van der Waals surface area (Å²) in [7, 11) is 0. The van der Waals surface area contributed by atoms with E-state index in [0.29, 0.717) is 11.1 Å². The van der Waals surface area contributed by atoms with Gasteiger partial charge in [0.1, 0.15) is 71.9 Å². The average Bonchev–Trinajstić information content (AvgIpc) is 1.83. The molecule has 522 valence electrons. The number of aliphatic hydroxyl groups is 1. The van der Waals surface area contributed by atoms with Gasteiger partial charge in [-0.25, -0.2) is 0 Å². The highest BCUT2D eigenvalue weighted by molar-refractivity contribution is 7.80. The minimum atomic E-state index is -1.89. The Balaban J connectivity index is 1.68. The summed E-state index contributed by atoms with van der Waals surface area (Å²) < 4.78 is 0. The van der Waals surface area contributed by atoms with Crippen molar-refractivity contribution in [3.05, 3.63) is 59.7 Å². The fraction of sp³-hybridized carbons (Fsp3) is 0.517. The average molecular weight is 1360 g/mol. The van der Waals surface area contributed by atoms with Crippen LogP contribution in [0, 0.1) is 5.92 Å². The summed E-state index contributed by atoms with van der Waals surface area (Å²) in [6.07, 6.45) is -1.87. The zero-order chi connectivity index (χ0) is 71.2. The molecule has 3 rings (SSSR count). The molecule has 10 atom stereocenters. The highest BCUT2D eigenvalue weighted by Gasteiger charge is 2.38. The van der Waals surface area contributed by atoms with Gasteiger partial charge in [-0.1, -0.05) is 38.1 Å². The van der Waals surface area contributed by atoms with Crippen LogP contribution in [0.25, 0.3) is 0 Å². The lowest BCUT2D eigenvalue weighted by Gasteiger charge is -2.27. The van der Waals surface area contributed by atoms with E-state index in [1.807, 2.05) is 13.8 Å². The molecular formula is C58H85N17O19S. The fourth-order valence-corrected chi connectivity index (χ4v) is 9.62. The molecule has 0 unspecified atom stereocenters. The Kier molecular flexibility index (Phi) is 32.6. The van der Waals surface area contributed by atoms with Crippen molar-refractivity contribution >= 4 is 107 Å². The van der Waals surface area contributed by atoms with Crippen molar-refractivity contribution in [2.45, 2.75) is 146 Å². The normalized spacial score (nSPS) is 15.3. The number of likely N-dealkylation sites (tertiary alicyclic amines) is 1. The number of benzene rings is 2. The molecule has 0 radical (unpaired) electrons. The van der Waals surface area contributed by atoms with Gasteiger partial charge in [0.05, 0.1) is 32.5 Å². The number of primary amides is 2. The number of carboxylic acid groups (broad SMARTS) is 1. The van der Waals surface area contributed by atoms with Crippen molar-refractivity contribution in [3.63, 3.8) is 0 Å². The maximum absolute atomic E-state index is 14.1. The summed E-state index contributed by atoms with van der Waals surface area (Å²) in [5.41, 5.74) is 22.5. The Morgan fingerprint density at radius 2 is 1.06 bits per heavy atom. The third kappa shape index (κ3) is 28.2. The van der Waals surface area contributed by atoms with Crippen molar-refractivity contribution in [2.75, 3.05) is 38.5 Å². The standard InChI is InChI=1S/C58H85N17O19S/c1-28(2)19-36(67-30(4)77)53(90)71-37(20-31-9-13-33(78)14-10-31)54(91)69-35(7-5-17-63-58(61)62)52(89)66-29(3)49(86)70-39(22-44(59)80)50(87)64-24-45(81)68-40(23-47(83)84)51(88)65-25-46(82)75-18-6-8-43(75)57(94)74-42(27-95)56(93)72-38(21-32-11-15-34(79)16-12-32)55(92)73-41(26-76)48(60)85/h9-16,28-29,35-43,76,78-79,95H,5-8,17-27H2,1-4H3,(H2,59,80)(H2,60,85)(H,64,87)(H,65,88)(H,66,89)(H,67,77)(H,68,81)(H,69,91)(H,70,86)(H,71,90)(H,72,93)(H,73,92)(H,74,94)(H,83,84)(H4,61,62,63)/t29-,35-,36-,37-,38-,39-,40-,41-,42-,43-/m0/s1. The molecule has 1 heterocycles. The first-order valence-electron chi connectivity index (χ1n) is 29.9. The smallest absolute Gasteiger partial charge is 0.305 e. The number of rotatable bonds is 39. The number of nitrogens with zero attached hydrogens (tertiary/aromatic N) is 2. The van der Waals surface area contributed by atoms with Crippen LogP contribution in [0.2, 0.25) is 0 Å². The van der Waals surface area contributed by atoms with Gasteiger partial charge in [0.25, 0.3) is 0 Å². The van der Waals surface area contributed by atoms with Crippen molar-refractivity contribution in [3.8, 4) is 11.5 Å². The monoisotopic (exact) mass is 1360 g/mol. The number of thiol groups is 1. The minimum absolute atomic E-state index is 0.0223. The molecule has 1 saturated heterocycles. The number of amides is 14. The maximum Gasteiger partial charge on any atom is 0.305 e. The van der Waals surface area contributed by atoms with E-state index < -0.39 is 182 Å². The quantitative estimate of drug-likeness (QED) is 0.0128. The summed E-state index contributed by atoms with van der Waals surface area (Å²) in [6.45, 7) is 3.24. The van der Waals surface area contributed by atoms with E-state index >= 15 is 0 Å². The van der Waals surface area contributed by atoms with Crippen LogP contribution in [-0.2, 0) is 84.8 Å². The topological polar surface area (TPSA) is 589 Å². The van der Waals surface area contributed by atoms with E-state index in [2.05, 4.69) is 76.1 Å². The number of aliphatic carboxylic acids is 1. The number of nitrogens with one attached hydrogen (secondary N) is 11. The lowest BCUT2D eigenvalue weighted by atomic mass is 10.0. The van der Waals surface area contributed by atoms with Gasteiger partial charge in [-0.15, -0.1) is 0 Å². The van der Waals surface area contributed by atoms with E-state index in [0.717, 1.165) is 4.90 Å². The largest absolute Gasteiger partial charge is 0.508 e. The van der Waals surface area contributed by atoms with Crippen LogP contribution >= 0.6 is 12.6 Å². The van der Waals surface area contributed by atoms with Crippen LogP contribution in [0.4, 0.5) is 0 Å². The Morgan fingerprint density at radius 3 is 1.55 bits per heavy atom. The molecular weight excluding hydrogens is 1270 g/mol. The van der Waals surface area contributed by atoms with Gasteiger partial charge in [0, 0.05) is 38.6 Å². The van der Waals surface area contributed by atoms with Gasteiger partial charge in [-0.3, -0.25) is 76.9 Å². The van der Waals surface area contributed by atoms with E-state index in [9.17, 15) is 92.3 Å². The summed E-state index contributed by atoms with van der Waals surface area (Å²) in [4.78, 5) is 202. The molecule has 36 nitrogen and oxygen atoms in total. The van der Waals surface area contributed by atoms with Gasteiger partial charge in [-0.2, -0.15) is 12.6 Å². The molecule has 1 aliphatic rings. The van der Waals surface area contributed by atoms with Crippen molar-refractivity contribution in [1.82, 2.24) is 63.4 Å². The van der Waals surface area contributed by atoms with E-state index in [1.54, 1.807) is 0 Å². The zero-order valence-corrected chi connectivity index (χ0v) is 53.5. The molecule has 1 aliphatic heterocycles. The minimum Gasteiger partial charge on any atom is -0.508 e. The number of aliphatic hydroxyl groups excluding tert-OH is 1. The van der Waals surface area contributed by atoms with Crippen molar-refractivity contribution < 1.29 is 92.3 Å². The molecule has 37 heteroatoms. The lowest BCUT2D eigenvalue weighted by Crippen LogP contribution is -2.59. The lowest BCUT2D eigenvalue weighted by molar-refractivity contribution is -0.142. The first-order chi connectivity index (χ1) is 44.7. The molecule has 14 amide bonds. The molecule has 0 spiro atoms. The Hall–Kier alpha value is -10.3. The van der Waals surface area contributed by atoms with Crippen LogP contribution in [0.15, 0.2) is 53.5 Å². The fourth-order valence-electron chi connectivity index (χ4n) is 9.36. The first kappa shape index (κ1) is 78.9. The van der Waals surface area contributed by atoms with Crippen LogP contribution in [0.5, 0.6) is 11.5 Å². The number of aliphatic imine (C=N–C) groups is 1. The zero-order valence-electron chi connectivity index (χ0n) is 52.6. The van der Waals surface area contributed by atoms with Gasteiger partial charge in [0.15, 0.2) is 5.96 Å². The number of hydrogen-bond acceptors (Lipinski definition) is 20. The van der Waals surface area contributed by atoms with Crippen LogP contribution in [-0.4, -0.2) is 219 Å². The molecule has 0 aliphatic carbocycles. The maximum atomic E-state index is 14.1. The molecule has 23 N–H and O–H groups in total. The third-order valence-corrected chi connectivity index (χ3v) is 14.6. The van der Waals surface area contributed by atoms with Gasteiger partial charge in [-0.05, 0) is 80.3 Å². The Morgan fingerprint density at radius 1 is 0.579 bits per heavy atom. The number of carboxylic acids is 1. The number of guanidine groups is 1. The highest BCUT2D eigenvalue weighted by atomic mass is 32.1. The second-order valence-corrected chi connectivity index (χ2v) is 22.9. The van der Waals surface area contributed by atoms with Crippen molar-refractivity contribution in [1.29, 1.82) is 0 Å². The molecule has 0 aromatic heterocycles. The van der Waals surface area contributed by atoms with Gasteiger partial charge < -0.3 is 107 Å². The predicted molar refractivity (Wildman–Crippen MR) is 339 cm³/mol. The second kappa shape index (κ2) is 39.3. The number of aromatic hydroxyl groups is 2. The molecule has 0 saturated carbocycles. The molecule has 2 aromatic carbocycles. The number of nitrogens with two attached hydrogens (primary N) is 4. The molecule has 2 aromatic rings. The number of carbonyl (C=O) groups excluding carboxylic acids is 14. The number of hydrogen-bond donors (Lipinski definition) is 20. The molecule has 1 fully saturated rings. The number of carbonyl (C=O) groups is 15. The highest BCUT2D eigenvalue weighted by Crippen LogP contribution is 2.19. The Labute approximate surface area is 550 Å². The second-order valence-electron chi connectivity index (χ2n) is 22.5. The summed E-state index contributed by atoms with van der Waals surface area (Å²) in [6, 6.07) is -3.57. The van der Waals surface area contributed by atoms with E-state index in [-0.39, 0.29) is 87.2 Å². The SMILES string of the molecule is CC(=O)N[C@@H](CC(C)C)C(=O)N[C@@H](Cc1ccc(O)cc1)C(=O)N[C@@H](CCCN=C(N)N)C(=O)N[C@@H](C)C(=O)N[C@@H](CC(N)=O)C(=O)NCC(=O)N[C@@H](CC(=O)O)C(=O)NCC(=O)N1CCC[C@H]1C(=O)N[C@@H](CS)C(=O)N[C@@H](Cc1ccc(O)cc1)C(=O)N[C@@H](CO)C(N)=O. The van der Waals surface area contributed by atoms with Gasteiger partial charge in [0.2, 0.25) is 82.7 Å². The number of phenols is 2. The van der Waals surface area contributed by atoms with E-state index in [4.69, 9.17) is 22.9 Å². The van der Waals surface area contributed by atoms with Crippen LogP contribution < -0.4 is 81.4 Å².